The van der Waals surface area contributed by atoms with Crippen molar-refractivity contribution in [3.8, 4) is 0 Å². The van der Waals surface area contributed by atoms with Crippen molar-refractivity contribution < 1.29 is 9.59 Å². The highest BCUT2D eigenvalue weighted by molar-refractivity contribution is 6.09. The molecule has 0 aliphatic heterocycles. The first-order valence-electron chi connectivity index (χ1n) is 5.42. The maximum Gasteiger partial charge on any atom is 0.147 e. The predicted molar refractivity (Wildman–Crippen MR) is 63.0 cm³/mol. The Morgan fingerprint density at radius 3 is 1.88 bits per heavy atom. The van der Waals surface area contributed by atoms with Crippen LogP contribution >= 0.6 is 0 Å². The van der Waals surface area contributed by atoms with E-state index in [9.17, 15) is 9.59 Å². The van der Waals surface area contributed by atoms with Gasteiger partial charge in [0.2, 0.25) is 0 Å². The summed E-state index contributed by atoms with van der Waals surface area (Å²) in [6.45, 7) is 6.93. The zero-order valence-electron chi connectivity index (χ0n) is 9.42. The van der Waals surface area contributed by atoms with Crippen LogP contribution in [0.25, 0.3) is 0 Å². The lowest BCUT2D eigenvalue weighted by Gasteiger charge is -2.32. The van der Waals surface area contributed by atoms with E-state index in [1.165, 1.54) is 0 Å². The smallest absolute Gasteiger partial charge is 0.147 e. The van der Waals surface area contributed by atoms with E-state index in [-0.39, 0.29) is 11.6 Å². The zero-order valence-corrected chi connectivity index (χ0v) is 9.42. The van der Waals surface area contributed by atoms with E-state index in [2.05, 4.69) is 24.6 Å². The molecule has 0 heterocycles. The molecule has 0 aromatic rings. The third-order valence-electron chi connectivity index (χ3n) is 3.06. The summed E-state index contributed by atoms with van der Waals surface area (Å²) < 4.78 is 0. The van der Waals surface area contributed by atoms with E-state index in [1.54, 1.807) is 12.2 Å². The molecule has 0 bridgehead atoms. The third-order valence-corrected chi connectivity index (χ3v) is 3.06. The fraction of sp³-hybridized carbons (Fsp3) is 0.429. The Morgan fingerprint density at radius 1 is 1.06 bits per heavy atom. The lowest BCUT2D eigenvalue weighted by atomic mass is 9.68. The number of Topliss-reactive ketones (excluding diaryl/α,β-unsaturated/α-hetero) is 2. The predicted octanol–water partition coefficient (Wildman–Crippen LogP) is 2.76. The first-order valence-corrected chi connectivity index (χ1v) is 5.42. The van der Waals surface area contributed by atoms with Gasteiger partial charge in [0.15, 0.2) is 0 Å². The van der Waals surface area contributed by atoms with Crippen molar-refractivity contribution in [3.63, 3.8) is 0 Å². The second kappa shape index (κ2) is 5.46. The minimum atomic E-state index is -0.895. The summed E-state index contributed by atoms with van der Waals surface area (Å²) in [5, 5.41) is 0. The molecule has 1 aliphatic carbocycles. The highest BCUT2D eigenvalue weighted by Crippen LogP contribution is 2.37. The van der Waals surface area contributed by atoms with Gasteiger partial charge >= 0.3 is 0 Å². The van der Waals surface area contributed by atoms with Gasteiger partial charge < -0.3 is 0 Å². The van der Waals surface area contributed by atoms with Crippen molar-refractivity contribution in [2.75, 3.05) is 0 Å². The summed E-state index contributed by atoms with van der Waals surface area (Å²) in [6, 6.07) is 0. The van der Waals surface area contributed by atoms with Crippen molar-refractivity contribution in [1.29, 1.82) is 0 Å². The van der Waals surface area contributed by atoms with Crippen LogP contribution in [-0.4, -0.2) is 11.6 Å². The van der Waals surface area contributed by atoms with Gasteiger partial charge in [0.25, 0.3) is 0 Å². The molecule has 2 heteroatoms. The first kappa shape index (κ1) is 12.4. The van der Waals surface area contributed by atoms with Gasteiger partial charge in [-0.2, -0.15) is 0 Å². The molecule has 0 saturated heterocycles. The number of rotatable bonds is 4. The van der Waals surface area contributed by atoms with Crippen LogP contribution in [0.3, 0.4) is 0 Å². The molecule has 1 aliphatic rings. The maximum atomic E-state index is 12.0. The van der Waals surface area contributed by atoms with Gasteiger partial charge in [-0.25, -0.2) is 0 Å². The largest absolute Gasteiger partial charge is 0.299 e. The number of carbonyl (C=O) groups is 2. The van der Waals surface area contributed by atoms with Crippen molar-refractivity contribution in [2.24, 2.45) is 5.41 Å². The molecule has 0 unspecified atom stereocenters. The van der Waals surface area contributed by atoms with Gasteiger partial charge in [-0.3, -0.25) is 9.59 Å². The molecule has 0 amide bonds. The van der Waals surface area contributed by atoms with Crippen molar-refractivity contribution >= 4 is 11.6 Å². The van der Waals surface area contributed by atoms with Crippen LogP contribution in [0.2, 0.25) is 0 Å². The Bertz CT molecular complexity index is 353. The maximum absolute atomic E-state index is 12.0. The number of hydrogen-bond acceptors (Lipinski definition) is 2. The van der Waals surface area contributed by atoms with E-state index in [0.717, 1.165) is 0 Å². The van der Waals surface area contributed by atoms with Crippen LogP contribution in [0.5, 0.6) is 0 Å². The Morgan fingerprint density at radius 2 is 1.50 bits per heavy atom. The quantitative estimate of drug-likeness (QED) is 0.535. The zero-order chi connectivity index (χ0) is 12.0. The van der Waals surface area contributed by atoms with Gasteiger partial charge in [0.1, 0.15) is 11.6 Å². The highest BCUT2D eigenvalue weighted by atomic mass is 16.2. The topological polar surface area (TPSA) is 34.1 Å². The minimum absolute atomic E-state index is 0.0294. The number of carbonyl (C=O) groups excluding carboxylic acids is 2. The SMILES string of the molecule is C=C=CCC1(CC=C=C)C(=O)CCCC1=O. The Balaban J connectivity index is 3.06. The number of allylic oxidation sites excluding steroid dienone is 2. The lowest BCUT2D eigenvalue weighted by molar-refractivity contribution is -0.143. The van der Waals surface area contributed by atoms with Crippen LogP contribution in [0.1, 0.15) is 32.1 Å². The van der Waals surface area contributed by atoms with Crippen LogP contribution in [0, 0.1) is 5.41 Å². The molecule has 0 spiro atoms. The molecule has 0 radical (unpaired) electrons. The van der Waals surface area contributed by atoms with E-state index in [0.29, 0.717) is 32.1 Å². The molecule has 0 aromatic heterocycles. The summed E-state index contributed by atoms with van der Waals surface area (Å²) in [4.78, 5) is 24.0. The molecule has 0 N–H and O–H groups in total. The molecule has 16 heavy (non-hydrogen) atoms. The molecule has 1 fully saturated rings. The molecule has 84 valence electrons. The third kappa shape index (κ3) is 2.30. The van der Waals surface area contributed by atoms with Crippen LogP contribution < -0.4 is 0 Å². The average molecular weight is 216 g/mol. The Kier molecular flexibility index (Phi) is 4.25. The molecular formula is C14H16O2. The van der Waals surface area contributed by atoms with Gasteiger partial charge in [0, 0.05) is 12.8 Å². The van der Waals surface area contributed by atoms with Crippen LogP contribution in [0.4, 0.5) is 0 Å². The van der Waals surface area contributed by atoms with Gasteiger partial charge in [-0.05, 0) is 31.4 Å². The first-order chi connectivity index (χ1) is 7.67. The van der Waals surface area contributed by atoms with Gasteiger partial charge in [-0.1, -0.05) is 13.2 Å². The second-order valence-corrected chi connectivity index (χ2v) is 4.01. The molecule has 0 aromatic carbocycles. The highest BCUT2D eigenvalue weighted by Gasteiger charge is 2.44. The average Bonchev–Trinajstić information content (AvgIpc) is 2.28. The number of hydrogen-bond donors (Lipinski definition) is 0. The monoisotopic (exact) mass is 216 g/mol. The van der Waals surface area contributed by atoms with Gasteiger partial charge in [0.05, 0.1) is 5.41 Å². The van der Waals surface area contributed by atoms with E-state index in [1.807, 2.05) is 0 Å². The molecule has 1 saturated carbocycles. The standard InChI is InChI=1S/C14H16O2/c1-3-5-10-14(11-6-4-2)12(15)8-7-9-13(14)16/h5-6H,1-2,7-11H2. The van der Waals surface area contributed by atoms with Crippen LogP contribution in [0.15, 0.2) is 36.8 Å². The van der Waals surface area contributed by atoms with Crippen molar-refractivity contribution in [2.45, 2.75) is 32.1 Å². The fourth-order valence-electron chi connectivity index (χ4n) is 2.08. The number of ketones is 2. The van der Waals surface area contributed by atoms with E-state index < -0.39 is 5.41 Å². The van der Waals surface area contributed by atoms with E-state index >= 15 is 0 Å². The summed E-state index contributed by atoms with van der Waals surface area (Å²) >= 11 is 0. The normalized spacial score (nSPS) is 18.5. The summed E-state index contributed by atoms with van der Waals surface area (Å²) in [5.41, 5.74) is 4.36. The van der Waals surface area contributed by atoms with E-state index in [4.69, 9.17) is 0 Å². The molecule has 1 rings (SSSR count). The Labute approximate surface area is 96.0 Å². The van der Waals surface area contributed by atoms with Crippen molar-refractivity contribution in [3.05, 3.63) is 36.8 Å². The van der Waals surface area contributed by atoms with Crippen LogP contribution in [-0.2, 0) is 9.59 Å². The Hall–Kier alpha value is -1.62. The summed E-state index contributed by atoms with van der Waals surface area (Å²) in [6.07, 6.45) is 5.77. The summed E-state index contributed by atoms with van der Waals surface area (Å²) in [5.74, 6) is 0.0588. The lowest BCUT2D eigenvalue weighted by Crippen LogP contribution is -2.41. The molecule has 2 nitrogen and oxygen atoms in total. The minimum Gasteiger partial charge on any atom is -0.299 e. The van der Waals surface area contributed by atoms with Crippen molar-refractivity contribution in [1.82, 2.24) is 0 Å². The molecular weight excluding hydrogens is 200 g/mol. The second-order valence-electron chi connectivity index (χ2n) is 4.01. The van der Waals surface area contributed by atoms with Gasteiger partial charge in [-0.15, -0.1) is 11.5 Å². The fourth-order valence-corrected chi connectivity index (χ4v) is 2.08. The summed E-state index contributed by atoms with van der Waals surface area (Å²) in [7, 11) is 0. The molecule has 0 atom stereocenters.